The maximum absolute atomic E-state index is 13.0. The normalized spacial score (nSPS) is 10.9. The molecule has 25 heavy (non-hydrogen) atoms. The number of carboxylic acids is 1. The zero-order chi connectivity index (χ0) is 18.0. The fraction of sp³-hybridized carbons (Fsp3) is 0.200. The summed E-state index contributed by atoms with van der Waals surface area (Å²) in [7, 11) is 0. The maximum Gasteiger partial charge on any atom is 0.335 e. The topological polar surface area (TPSA) is 90.6 Å². The molecular weight excluding hydrogens is 320 g/mol. The second kappa shape index (κ2) is 6.81. The Balaban J connectivity index is 2.17. The molecule has 2 aromatic carbocycles. The highest BCUT2D eigenvalue weighted by Gasteiger charge is 2.22. The molecule has 0 radical (unpaired) electrons. The molecule has 0 fully saturated rings. The predicted molar refractivity (Wildman–Crippen MR) is 91.1 cm³/mol. The molecule has 0 aliphatic heterocycles. The number of aryl methyl sites for hydroxylation is 1. The van der Waals surface area contributed by atoms with Crippen LogP contribution in [0.5, 0.6) is 5.75 Å². The van der Waals surface area contributed by atoms with Crippen LogP contribution < -0.4 is 5.11 Å². The van der Waals surface area contributed by atoms with Crippen LogP contribution in [0.2, 0.25) is 0 Å². The van der Waals surface area contributed by atoms with Gasteiger partial charge >= 0.3 is 5.97 Å². The molecule has 0 aliphatic carbocycles. The number of fused-ring (bicyclic) bond motifs is 1. The Morgan fingerprint density at radius 2 is 1.76 bits per heavy atom. The maximum atomic E-state index is 13.0. The van der Waals surface area contributed by atoms with Crippen molar-refractivity contribution in [1.82, 2.24) is 0 Å². The molecule has 0 atom stereocenters. The lowest BCUT2D eigenvalue weighted by atomic mass is 9.97. The minimum Gasteiger partial charge on any atom is -0.872 e. The molecule has 0 aliphatic rings. The zero-order valence-electron chi connectivity index (χ0n) is 13.7. The Morgan fingerprint density at radius 1 is 1.08 bits per heavy atom. The van der Waals surface area contributed by atoms with Gasteiger partial charge in [-0.1, -0.05) is 37.6 Å². The molecule has 0 bridgehead atoms. The summed E-state index contributed by atoms with van der Waals surface area (Å²) >= 11 is 0. The number of carbonyl (C=O) groups excluding carboxylic acids is 1. The van der Waals surface area contributed by atoms with Crippen LogP contribution in [-0.2, 0) is 6.42 Å². The molecule has 5 heteroatoms. The van der Waals surface area contributed by atoms with E-state index in [4.69, 9.17) is 4.42 Å². The van der Waals surface area contributed by atoms with E-state index >= 15 is 0 Å². The van der Waals surface area contributed by atoms with E-state index in [1.807, 2.05) is 6.92 Å². The number of benzene rings is 2. The number of carbonyl (C=O) groups is 2. The first-order valence-corrected chi connectivity index (χ1v) is 8.11. The predicted octanol–water partition coefficient (Wildman–Crippen LogP) is 3.78. The summed E-state index contributed by atoms with van der Waals surface area (Å²) < 4.78 is 5.83. The van der Waals surface area contributed by atoms with Crippen LogP contribution >= 0.6 is 0 Å². The number of hydrogen-bond acceptors (Lipinski definition) is 4. The third-order valence-corrected chi connectivity index (χ3v) is 4.11. The van der Waals surface area contributed by atoms with Crippen molar-refractivity contribution < 1.29 is 24.2 Å². The summed E-state index contributed by atoms with van der Waals surface area (Å²) in [5.41, 5.74) is 1.34. The van der Waals surface area contributed by atoms with Crippen LogP contribution in [0.25, 0.3) is 11.0 Å². The monoisotopic (exact) mass is 337 g/mol. The fourth-order valence-corrected chi connectivity index (χ4v) is 2.79. The number of carboxylic acid groups (broad SMARTS) is 1. The van der Waals surface area contributed by atoms with Gasteiger partial charge in [-0.3, -0.25) is 4.79 Å². The molecule has 0 unspecified atom stereocenters. The van der Waals surface area contributed by atoms with E-state index in [0.29, 0.717) is 34.3 Å². The number of furan rings is 1. The van der Waals surface area contributed by atoms with Gasteiger partial charge in [-0.15, -0.1) is 5.75 Å². The van der Waals surface area contributed by atoms with E-state index in [1.54, 1.807) is 6.07 Å². The van der Waals surface area contributed by atoms with E-state index in [9.17, 15) is 19.8 Å². The lowest BCUT2D eigenvalue weighted by Gasteiger charge is -2.07. The van der Waals surface area contributed by atoms with Crippen LogP contribution in [0.3, 0.4) is 0 Å². The van der Waals surface area contributed by atoms with Gasteiger partial charge in [0.1, 0.15) is 11.3 Å². The summed E-state index contributed by atoms with van der Waals surface area (Å²) in [6.07, 6.45) is 2.38. The van der Waals surface area contributed by atoms with E-state index < -0.39 is 5.97 Å². The van der Waals surface area contributed by atoms with Crippen molar-refractivity contribution in [2.75, 3.05) is 0 Å². The third-order valence-electron chi connectivity index (χ3n) is 4.11. The minimum absolute atomic E-state index is 0.0966. The summed E-state index contributed by atoms with van der Waals surface area (Å²) in [4.78, 5) is 24.3. The van der Waals surface area contributed by atoms with E-state index in [1.165, 1.54) is 36.4 Å². The van der Waals surface area contributed by atoms with Crippen LogP contribution in [-0.4, -0.2) is 16.9 Å². The lowest BCUT2D eigenvalue weighted by molar-refractivity contribution is -0.268. The summed E-state index contributed by atoms with van der Waals surface area (Å²) in [6, 6.07) is 10.1. The summed E-state index contributed by atoms with van der Waals surface area (Å²) in [6.45, 7) is 2.04. The van der Waals surface area contributed by atoms with Crippen LogP contribution in [0.1, 0.15) is 51.8 Å². The molecule has 3 rings (SSSR count). The van der Waals surface area contributed by atoms with Crippen molar-refractivity contribution in [1.29, 1.82) is 0 Å². The fourth-order valence-electron chi connectivity index (χ4n) is 2.79. The molecule has 0 saturated heterocycles. The molecule has 1 heterocycles. The summed E-state index contributed by atoms with van der Waals surface area (Å²) in [5, 5.41) is 21.0. The van der Waals surface area contributed by atoms with Crippen molar-refractivity contribution in [3.05, 3.63) is 64.9 Å². The van der Waals surface area contributed by atoms with Gasteiger partial charge in [-0.2, -0.15) is 0 Å². The molecule has 3 aromatic rings. The Bertz CT molecular complexity index is 935. The number of ketones is 1. The molecule has 1 aromatic heterocycles. The Labute approximate surface area is 144 Å². The SMILES string of the molecule is CCCCc1oc2ccc(C(=O)O)cc2c1C(=O)c1ccc([O-])cc1. The van der Waals surface area contributed by atoms with E-state index in [2.05, 4.69) is 0 Å². The van der Waals surface area contributed by atoms with Crippen molar-refractivity contribution in [3.8, 4) is 5.75 Å². The Morgan fingerprint density at radius 3 is 2.40 bits per heavy atom. The van der Waals surface area contributed by atoms with Gasteiger partial charge in [-0.05, 0) is 24.6 Å². The highest BCUT2D eigenvalue weighted by Crippen LogP contribution is 2.30. The number of rotatable bonds is 6. The average molecular weight is 337 g/mol. The highest BCUT2D eigenvalue weighted by molar-refractivity contribution is 6.17. The molecule has 0 saturated carbocycles. The van der Waals surface area contributed by atoms with Crippen molar-refractivity contribution in [2.45, 2.75) is 26.2 Å². The second-order valence-electron chi connectivity index (χ2n) is 5.87. The first kappa shape index (κ1) is 16.8. The van der Waals surface area contributed by atoms with E-state index in [0.717, 1.165) is 12.8 Å². The minimum atomic E-state index is -1.06. The smallest absolute Gasteiger partial charge is 0.335 e. The molecular formula is C20H17O5-. The average Bonchev–Trinajstić information content (AvgIpc) is 2.97. The van der Waals surface area contributed by atoms with Gasteiger partial charge in [0.15, 0.2) is 5.78 Å². The first-order chi connectivity index (χ1) is 12.0. The Hall–Kier alpha value is -3.08. The van der Waals surface area contributed by atoms with Gasteiger partial charge in [0.05, 0.1) is 11.1 Å². The van der Waals surface area contributed by atoms with Crippen LogP contribution in [0, 0.1) is 0 Å². The van der Waals surface area contributed by atoms with Crippen molar-refractivity contribution in [3.63, 3.8) is 0 Å². The number of hydrogen-bond donors (Lipinski definition) is 1. The molecule has 1 N–H and O–H groups in total. The quantitative estimate of drug-likeness (QED) is 0.691. The van der Waals surface area contributed by atoms with E-state index in [-0.39, 0.29) is 17.1 Å². The lowest BCUT2D eigenvalue weighted by Crippen LogP contribution is -2.05. The molecule has 0 amide bonds. The first-order valence-electron chi connectivity index (χ1n) is 8.11. The van der Waals surface area contributed by atoms with Crippen LogP contribution in [0.4, 0.5) is 0 Å². The Kier molecular flexibility index (Phi) is 4.57. The standard InChI is InChI=1S/C20H18O5/c1-2-3-4-17-18(19(22)12-5-8-14(21)9-6-12)15-11-13(20(23)24)7-10-16(15)25-17/h5-11,21H,2-4H2,1H3,(H,23,24)/p-1. The molecule has 0 spiro atoms. The van der Waals surface area contributed by atoms with Gasteiger partial charge < -0.3 is 14.6 Å². The third kappa shape index (κ3) is 3.26. The molecule has 5 nitrogen and oxygen atoms in total. The van der Waals surface area contributed by atoms with Gasteiger partial charge in [0.25, 0.3) is 0 Å². The van der Waals surface area contributed by atoms with Gasteiger partial charge in [-0.25, -0.2) is 4.79 Å². The molecule has 128 valence electrons. The zero-order valence-corrected chi connectivity index (χ0v) is 13.7. The highest BCUT2D eigenvalue weighted by atomic mass is 16.4. The van der Waals surface area contributed by atoms with Gasteiger partial charge in [0, 0.05) is 17.4 Å². The number of unbranched alkanes of at least 4 members (excludes halogenated alkanes) is 1. The number of aromatic carboxylic acids is 1. The van der Waals surface area contributed by atoms with Crippen molar-refractivity contribution >= 4 is 22.7 Å². The van der Waals surface area contributed by atoms with Gasteiger partial charge in [0.2, 0.25) is 0 Å². The van der Waals surface area contributed by atoms with Crippen LogP contribution in [0.15, 0.2) is 46.9 Å². The largest absolute Gasteiger partial charge is 0.872 e. The second-order valence-corrected chi connectivity index (χ2v) is 5.87. The van der Waals surface area contributed by atoms with Crippen molar-refractivity contribution in [2.24, 2.45) is 0 Å². The summed E-state index contributed by atoms with van der Waals surface area (Å²) in [5.74, 6) is -0.955.